The van der Waals surface area contributed by atoms with E-state index in [0.717, 1.165) is 21.1 Å². The van der Waals surface area contributed by atoms with E-state index in [1.807, 2.05) is 25.3 Å². The summed E-state index contributed by atoms with van der Waals surface area (Å²) >= 11 is 7.53. The van der Waals surface area contributed by atoms with Crippen molar-refractivity contribution < 1.29 is 27.6 Å². The molecule has 3 aromatic rings. The fraction of sp³-hybridized carbons (Fsp3) is 0.441. The Morgan fingerprint density at radius 2 is 1.60 bits per heavy atom. The van der Waals surface area contributed by atoms with E-state index in [-0.39, 0.29) is 41.1 Å². The number of anilines is 1. The maximum absolute atomic E-state index is 13.8. The zero-order valence-electron chi connectivity index (χ0n) is 29.2. The quantitative estimate of drug-likeness (QED) is 0.140. The Labute approximate surface area is 303 Å². The maximum Gasteiger partial charge on any atom is 0.251 e. The summed E-state index contributed by atoms with van der Waals surface area (Å²) in [5.74, 6) is -1.88. The van der Waals surface area contributed by atoms with Crippen molar-refractivity contribution >= 4 is 62.3 Å². The first-order valence-corrected chi connectivity index (χ1v) is 19.3. The summed E-state index contributed by atoms with van der Waals surface area (Å²) in [6, 6.07) is 8.78. The Hall–Kier alpha value is -4.05. The number of sulfonamides is 1. The molecule has 4 amide bonds. The van der Waals surface area contributed by atoms with Crippen LogP contribution in [-0.2, 0) is 26.0 Å². The summed E-state index contributed by atoms with van der Waals surface area (Å²) in [7, 11) is -2.41. The van der Waals surface area contributed by atoms with Gasteiger partial charge in [-0.05, 0) is 62.6 Å². The third-order valence-corrected chi connectivity index (χ3v) is 10.1. The zero-order valence-corrected chi connectivity index (χ0v) is 31.6. The Balaban J connectivity index is 1.85. The molecule has 2 aromatic carbocycles. The molecule has 272 valence electrons. The van der Waals surface area contributed by atoms with Crippen LogP contribution >= 0.6 is 22.9 Å². The lowest BCUT2D eigenvalue weighted by Gasteiger charge is -2.25. The van der Waals surface area contributed by atoms with Gasteiger partial charge in [0.1, 0.15) is 6.04 Å². The summed E-state index contributed by atoms with van der Waals surface area (Å²) in [5.41, 5.74) is 1.00. The number of aromatic nitrogens is 1. The molecule has 4 atom stereocenters. The Bertz CT molecular complexity index is 1750. The number of hydrogen-bond acceptors (Lipinski definition) is 9. The standard InChI is InChI=1S/C34H46ClN7O6S2/c1-8-36-34(46)30(20(2)3)41-31(43)22(5)38-19-27(18-29-37-12-13-49-29)40-33(45)25-14-24(16-28(17-25)42(6)50(7,47)48)32(44)39-21(4)23-10-9-11-26(35)15-23/h9-17,20-22,27,30,38H,8,18-19H2,1-7H3,(H,36,46)(H,39,44)(H,40,45)(H,41,43)/t21-,22+,27+,30+/m1/s1. The highest BCUT2D eigenvalue weighted by molar-refractivity contribution is 7.92. The molecule has 50 heavy (non-hydrogen) atoms. The number of nitrogens with zero attached hydrogens (tertiary/aromatic N) is 2. The second kappa shape index (κ2) is 18.3. The molecular formula is C34H46ClN7O6S2. The molecule has 0 aliphatic rings. The predicted molar refractivity (Wildman–Crippen MR) is 197 cm³/mol. The molecule has 0 radical (unpaired) electrons. The minimum absolute atomic E-state index is 0.0511. The van der Waals surface area contributed by atoms with Gasteiger partial charge >= 0.3 is 0 Å². The predicted octanol–water partition coefficient (Wildman–Crippen LogP) is 3.28. The molecule has 16 heteroatoms. The maximum atomic E-state index is 13.8. The number of thiazole rings is 1. The molecule has 0 unspecified atom stereocenters. The Kier molecular flexibility index (Phi) is 14.7. The molecule has 13 nitrogen and oxygen atoms in total. The number of amides is 4. The topological polar surface area (TPSA) is 179 Å². The van der Waals surface area contributed by atoms with Gasteiger partial charge in [0.25, 0.3) is 11.8 Å². The van der Waals surface area contributed by atoms with Crippen molar-refractivity contribution in [1.29, 1.82) is 0 Å². The third-order valence-electron chi connectivity index (χ3n) is 7.90. The molecule has 0 spiro atoms. The SMILES string of the molecule is CCNC(=O)[C@@H](NC(=O)[C@H](C)NC[C@H](Cc1nccs1)NC(=O)c1cc(C(=O)N[C@H](C)c2cccc(Cl)c2)cc(N(C)S(C)(=O)=O)c1)C(C)C. The van der Waals surface area contributed by atoms with E-state index in [2.05, 4.69) is 31.6 Å². The second-order valence-electron chi connectivity index (χ2n) is 12.3. The van der Waals surface area contributed by atoms with E-state index >= 15 is 0 Å². The summed E-state index contributed by atoms with van der Waals surface area (Å²) in [4.78, 5) is 57.2. The van der Waals surface area contributed by atoms with Gasteiger partial charge in [-0.25, -0.2) is 13.4 Å². The van der Waals surface area contributed by atoms with Crippen LogP contribution in [0.4, 0.5) is 5.69 Å². The highest BCUT2D eigenvalue weighted by Gasteiger charge is 2.27. The molecule has 0 saturated carbocycles. The third kappa shape index (κ3) is 11.8. The van der Waals surface area contributed by atoms with Gasteiger partial charge in [-0.3, -0.25) is 23.5 Å². The lowest BCUT2D eigenvalue weighted by molar-refractivity contribution is -0.130. The molecule has 3 rings (SSSR count). The monoisotopic (exact) mass is 747 g/mol. The van der Waals surface area contributed by atoms with Gasteiger partial charge in [0.15, 0.2) is 0 Å². The Morgan fingerprint density at radius 3 is 2.16 bits per heavy atom. The van der Waals surface area contributed by atoms with Crippen molar-refractivity contribution in [2.24, 2.45) is 5.92 Å². The van der Waals surface area contributed by atoms with Gasteiger partial charge in [0, 0.05) is 60.3 Å². The van der Waals surface area contributed by atoms with Crippen molar-refractivity contribution in [2.45, 2.75) is 65.2 Å². The normalized spacial score (nSPS) is 13.9. The smallest absolute Gasteiger partial charge is 0.251 e. The summed E-state index contributed by atoms with van der Waals surface area (Å²) < 4.78 is 25.9. The van der Waals surface area contributed by atoms with Crippen LogP contribution in [0.25, 0.3) is 0 Å². The van der Waals surface area contributed by atoms with Crippen LogP contribution in [0.15, 0.2) is 54.0 Å². The van der Waals surface area contributed by atoms with Crippen molar-refractivity contribution in [3.8, 4) is 0 Å². The van der Waals surface area contributed by atoms with E-state index in [0.29, 0.717) is 18.0 Å². The number of carbonyl (C=O) groups excluding carboxylic acids is 4. The fourth-order valence-corrected chi connectivity index (χ4v) is 6.29. The van der Waals surface area contributed by atoms with E-state index in [1.165, 1.54) is 36.6 Å². The minimum Gasteiger partial charge on any atom is -0.355 e. The van der Waals surface area contributed by atoms with Gasteiger partial charge < -0.3 is 26.6 Å². The van der Waals surface area contributed by atoms with E-state index in [1.54, 1.807) is 45.2 Å². The van der Waals surface area contributed by atoms with Gasteiger partial charge in [-0.15, -0.1) is 11.3 Å². The van der Waals surface area contributed by atoms with Crippen LogP contribution in [0.3, 0.4) is 0 Å². The summed E-state index contributed by atoms with van der Waals surface area (Å²) in [6.45, 7) is 9.52. The number of carbonyl (C=O) groups is 4. The average Bonchev–Trinajstić information content (AvgIpc) is 3.57. The first kappa shape index (κ1) is 40.4. The van der Waals surface area contributed by atoms with E-state index in [9.17, 15) is 27.6 Å². The first-order valence-electron chi connectivity index (χ1n) is 16.2. The van der Waals surface area contributed by atoms with E-state index < -0.39 is 46.0 Å². The molecular weight excluding hydrogens is 702 g/mol. The van der Waals surface area contributed by atoms with Gasteiger partial charge in [-0.1, -0.05) is 37.6 Å². The lowest BCUT2D eigenvalue weighted by atomic mass is 10.0. The summed E-state index contributed by atoms with van der Waals surface area (Å²) in [5, 5.41) is 17.6. The van der Waals surface area contributed by atoms with Gasteiger partial charge in [0.2, 0.25) is 21.8 Å². The highest BCUT2D eigenvalue weighted by atomic mass is 35.5. The van der Waals surface area contributed by atoms with Crippen LogP contribution in [0.1, 0.15) is 71.9 Å². The van der Waals surface area contributed by atoms with Crippen LogP contribution < -0.4 is 30.9 Å². The van der Waals surface area contributed by atoms with Crippen LogP contribution in [0, 0.1) is 5.92 Å². The van der Waals surface area contributed by atoms with Crippen molar-refractivity contribution in [3.05, 3.63) is 80.8 Å². The molecule has 1 aromatic heterocycles. The molecule has 0 saturated heterocycles. The van der Waals surface area contributed by atoms with Crippen molar-refractivity contribution in [2.75, 3.05) is 30.7 Å². The van der Waals surface area contributed by atoms with Crippen molar-refractivity contribution in [3.63, 3.8) is 0 Å². The first-order chi connectivity index (χ1) is 23.5. The van der Waals surface area contributed by atoms with Crippen LogP contribution in [-0.4, -0.2) is 81.5 Å². The number of halogens is 1. The Morgan fingerprint density at radius 1 is 0.940 bits per heavy atom. The minimum atomic E-state index is -3.74. The number of benzene rings is 2. The summed E-state index contributed by atoms with van der Waals surface area (Å²) in [6.07, 6.45) is 2.99. The molecule has 0 aliphatic carbocycles. The molecule has 1 heterocycles. The molecule has 5 N–H and O–H groups in total. The number of rotatable bonds is 17. The molecule has 0 aliphatic heterocycles. The van der Waals surface area contributed by atoms with Gasteiger partial charge in [-0.2, -0.15) is 0 Å². The highest BCUT2D eigenvalue weighted by Crippen LogP contribution is 2.23. The molecule has 0 bridgehead atoms. The van der Waals surface area contributed by atoms with Gasteiger partial charge in [0.05, 0.1) is 29.0 Å². The van der Waals surface area contributed by atoms with Crippen LogP contribution in [0.2, 0.25) is 5.02 Å². The number of likely N-dealkylation sites (N-methyl/N-ethyl adjacent to an activating group) is 1. The fourth-order valence-electron chi connectivity index (χ4n) is 4.90. The lowest BCUT2D eigenvalue weighted by Crippen LogP contribution is -2.55. The largest absolute Gasteiger partial charge is 0.355 e. The molecule has 0 fully saturated rings. The average molecular weight is 748 g/mol. The number of hydrogen-bond donors (Lipinski definition) is 5. The number of nitrogens with one attached hydrogen (secondary N) is 5. The van der Waals surface area contributed by atoms with Crippen molar-refractivity contribution in [1.82, 2.24) is 31.6 Å². The van der Waals surface area contributed by atoms with Crippen LogP contribution in [0.5, 0.6) is 0 Å². The zero-order chi connectivity index (χ0) is 37.2. The van der Waals surface area contributed by atoms with E-state index in [4.69, 9.17) is 11.6 Å². The second-order valence-corrected chi connectivity index (χ2v) is 15.7.